The van der Waals surface area contributed by atoms with Crippen molar-refractivity contribution in [3.05, 3.63) is 58.4 Å². The van der Waals surface area contributed by atoms with Crippen molar-refractivity contribution in [3.63, 3.8) is 0 Å². The third kappa shape index (κ3) is 6.28. The number of aliphatic hydroxyl groups excluding tert-OH is 1. The molecular weight excluding hydrogens is 530 g/mol. The highest BCUT2D eigenvalue weighted by Crippen LogP contribution is 2.44. The van der Waals surface area contributed by atoms with Crippen LogP contribution in [0, 0.1) is 10.4 Å². The number of fused-ring (bicyclic) bond motifs is 2. The quantitative estimate of drug-likeness (QED) is 0.425. The van der Waals surface area contributed by atoms with Crippen molar-refractivity contribution in [1.82, 2.24) is 0 Å². The third-order valence-electron chi connectivity index (χ3n) is 6.42. The summed E-state index contributed by atoms with van der Waals surface area (Å²) in [6, 6.07) is 10.1. The van der Waals surface area contributed by atoms with Gasteiger partial charge in [0.2, 0.25) is 0 Å². The number of benzene rings is 2. The van der Waals surface area contributed by atoms with E-state index in [0.717, 1.165) is 12.1 Å². The molecule has 13 heteroatoms. The molecule has 1 saturated heterocycles. The summed E-state index contributed by atoms with van der Waals surface area (Å²) in [5.74, 6) is 0. The number of hydrogen-bond acceptors (Lipinski definition) is 5. The Bertz CT molecular complexity index is 1050. The zero-order valence-corrected chi connectivity index (χ0v) is 21.2. The monoisotopic (exact) mass is 557 g/mol. The zero-order valence-electron chi connectivity index (χ0n) is 18.8. The fourth-order valence-corrected chi connectivity index (χ4v) is 5.84. The van der Waals surface area contributed by atoms with Gasteiger partial charge in [-0.3, -0.25) is 0 Å². The standard InChI is InChI=1S/C22H26F3N3O4S.2ClH/c23-22(24,25)17-6-7-21-19(16-17)26(18-4-1-2-5-20(18)33(21)32)8-3-9-27(30)10-12-28(31,13-11-27)14-15-29;;/h1-2,4-7,16,29H,3,8-15H2;2*1H. The first kappa shape index (κ1) is 29.8. The lowest BCUT2D eigenvalue weighted by Crippen LogP contribution is -2.63. The molecule has 2 aliphatic heterocycles. The van der Waals surface area contributed by atoms with Crippen LogP contribution in [0.5, 0.6) is 0 Å². The Balaban J connectivity index is 0.00000216. The largest absolute Gasteiger partial charge is 0.632 e. The Morgan fingerprint density at radius 1 is 0.914 bits per heavy atom. The Hall–Kier alpha value is -1.44. The Labute approximate surface area is 216 Å². The van der Waals surface area contributed by atoms with E-state index >= 15 is 0 Å². The minimum absolute atomic E-state index is 0. The molecule has 196 valence electrons. The molecule has 2 aromatic carbocycles. The second kappa shape index (κ2) is 11.3. The number of piperazine rings is 1. The van der Waals surface area contributed by atoms with Gasteiger partial charge in [-0.25, -0.2) is 4.21 Å². The van der Waals surface area contributed by atoms with Crippen molar-refractivity contribution >= 4 is 47.0 Å². The molecule has 2 aromatic rings. The normalized spacial score (nSPS) is 25.7. The molecule has 0 spiro atoms. The summed E-state index contributed by atoms with van der Waals surface area (Å²) in [7, 11) is -1.61. The van der Waals surface area contributed by atoms with Crippen LogP contribution in [-0.4, -0.2) is 71.0 Å². The van der Waals surface area contributed by atoms with E-state index < -0.39 is 31.8 Å². The van der Waals surface area contributed by atoms with Gasteiger partial charge in [-0.15, -0.1) is 24.8 Å². The van der Waals surface area contributed by atoms with Crippen molar-refractivity contribution in [2.75, 3.05) is 57.3 Å². The number of nitrogens with zero attached hydrogens (tertiary/aromatic N) is 3. The average molecular weight is 558 g/mol. The van der Waals surface area contributed by atoms with Gasteiger partial charge in [0.15, 0.2) is 0 Å². The Morgan fingerprint density at radius 2 is 1.49 bits per heavy atom. The summed E-state index contributed by atoms with van der Waals surface area (Å²) >= 11 is 0. The predicted octanol–water partition coefficient (Wildman–Crippen LogP) is 4.19. The summed E-state index contributed by atoms with van der Waals surface area (Å²) in [5, 5.41) is 34.6. The van der Waals surface area contributed by atoms with Crippen LogP contribution in [0.4, 0.5) is 24.5 Å². The van der Waals surface area contributed by atoms with E-state index in [4.69, 9.17) is 5.11 Å². The van der Waals surface area contributed by atoms with E-state index in [1.54, 1.807) is 29.2 Å². The molecular formula is C22H28Cl2F3N3O4S. The summed E-state index contributed by atoms with van der Waals surface area (Å²) in [4.78, 5) is 2.53. The highest BCUT2D eigenvalue weighted by Gasteiger charge is 2.36. The molecule has 1 fully saturated rings. The summed E-state index contributed by atoms with van der Waals surface area (Å²) < 4.78 is 52.0. The van der Waals surface area contributed by atoms with E-state index in [1.165, 1.54) is 6.07 Å². The minimum Gasteiger partial charge on any atom is -0.632 e. The fraction of sp³-hybridized carbons (Fsp3) is 0.455. The maximum absolute atomic E-state index is 13.4. The number of hydrogen-bond donors (Lipinski definition) is 1. The molecule has 0 aromatic heterocycles. The van der Waals surface area contributed by atoms with Crippen molar-refractivity contribution in [2.24, 2.45) is 0 Å². The number of hydroxylamine groups is 6. The van der Waals surface area contributed by atoms with Gasteiger partial charge in [-0.05, 0) is 30.3 Å². The maximum Gasteiger partial charge on any atom is 0.416 e. The van der Waals surface area contributed by atoms with Gasteiger partial charge in [0.1, 0.15) is 32.7 Å². The van der Waals surface area contributed by atoms with E-state index in [0.29, 0.717) is 21.9 Å². The topological polar surface area (TPSA) is 86.7 Å². The van der Waals surface area contributed by atoms with Gasteiger partial charge >= 0.3 is 6.18 Å². The lowest BCUT2D eigenvalue weighted by molar-refractivity contribution is -0.989. The van der Waals surface area contributed by atoms with Gasteiger partial charge in [0, 0.05) is 13.0 Å². The first-order valence-electron chi connectivity index (χ1n) is 10.8. The lowest BCUT2D eigenvalue weighted by Gasteiger charge is -2.54. The number of aliphatic hydroxyl groups is 1. The molecule has 1 N–H and O–H groups in total. The van der Waals surface area contributed by atoms with Gasteiger partial charge in [0.05, 0.1) is 50.7 Å². The highest BCUT2D eigenvalue weighted by atomic mass is 35.5. The van der Waals surface area contributed by atoms with E-state index in [2.05, 4.69) is 0 Å². The van der Waals surface area contributed by atoms with Crippen LogP contribution < -0.4 is 4.90 Å². The molecule has 1 atom stereocenters. The van der Waals surface area contributed by atoms with Gasteiger partial charge in [-0.2, -0.15) is 13.2 Å². The molecule has 0 aliphatic carbocycles. The molecule has 2 heterocycles. The SMILES string of the molecule is Cl.Cl.O=S1c2ccccc2N(CCC[N+]2([O-])CC[N+]([O-])(CCO)CC2)c2cc(C(F)(F)F)ccc21. The van der Waals surface area contributed by atoms with E-state index in [1.807, 2.05) is 0 Å². The van der Waals surface area contributed by atoms with Gasteiger partial charge < -0.3 is 29.7 Å². The number of para-hydroxylation sites is 1. The van der Waals surface area contributed by atoms with Gasteiger partial charge in [0.25, 0.3) is 0 Å². The van der Waals surface area contributed by atoms with Crippen LogP contribution in [0.2, 0.25) is 0 Å². The predicted molar refractivity (Wildman–Crippen MR) is 132 cm³/mol. The number of halogens is 5. The summed E-state index contributed by atoms with van der Waals surface area (Å²) in [6.45, 7) is 0.879. The van der Waals surface area contributed by atoms with Crippen molar-refractivity contribution in [1.29, 1.82) is 0 Å². The lowest BCUT2D eigenvalue weighted by atomic mass is 10.1. The highest BCUT2D eigenvalue weighted by molar-refractivity contribution is 7.85. The average Bonchev–Trinajstić information content (AvgIpc) is 2.78. The third-order valence-corrected chi connectivity index (χ3v) is 7.91. The molecule has 1 unspecified atom stereocenters. The van der Waals surface area contributed by atoms with Gasteiger partial charge in [-0.1, -0.05) is 12.1 Å². The van der Waals surface area contributed by atoms with Crippen LogP contribution in [0.15, 0.2) is 52.3 Å². The summed E-state index contributed by atoms with van der Waals surface area (Å²) in [5.41, 5.74) is -0.0208. The smallest absolute Gasteiger partial charge is 0.416 e. The van der Waals surface area contributed by atoms with Crippen LogP contribution >= 0.6 is 24.8 Å². The first-order valence-corrected chi connectivity index (χ1v) is 11.9. The fourth-order valence-electron chi connectivity index (χ4n) is 4.49. The Morgan fingerprint density at radius 3 is 2.09 bits per heavy atom. The van der Waals surface area contributed by atoms with Crippen molar-refractivity contribution < 1.29 is 31.8 Å². The second-order valence-electron chi connectivity index (χ2n) is 8.60. The molecule has 4 rings (SSSR count). The molecule has 35 heavy (non-hydrogen) atoms. The molecule has 7 nitrogen and oxygen atoms in total. The second-order valence-corrected chi connectivity index (χ2v) is 10.0. The van der Waals surface area contributed by atoms with Crippen molar-refractivity contribution in [2.45, 2.75) is 22.4 Å². The number of alkyl halides is 3. The minimum atomic E-state index is -4.53. The van der Waals surface area contributed by atoms with Crippen LogP contribution in [0.25, 0.3) is 0 Å². The van der Waals surface area contributed by atoms with Crippen LogP contribution in [-0.2, 0) is 17.0 Å². The van der Waals surface area contributed by atoms with E-state index in [-0.39, 0.29) is 82.9 Å². The number of anilines is 2. The molecule has 0 radical (unpaired) electrons. The van der Waals surface area contributed by atoms with Crippen molar-refractivity contribution in [3.8, 4) is 0 Å². The molecule has 2 aliphatic rings. The number of rotatable bonds is 6. The number of quaternary nitrogens is 2. The molecule has 0 saturated carbocycles. The zero-order chi connectivity index (χ0) is 23.9. The van der Waals surface area contributed by atoms with Crippen LogP contribution in [0.1, 0.15) is 12.0 Å². The van der Waals surface area contributed by atoms with E-state index in [9.17, 15) is 27.8 Å². The van der Waals surface area contributed by atoms with Crippen LogP contribution in [0.3, 0.4) is 0 Å². The first-order chi connectivity index (χ1) is 15.6. The molecule has 0 amide bonds. The maximum atomic E-state index is 13.4. The Kier molecular flexibility index (Phi) is 9.62. The molecule has 0 bridgehead atoms. The summed E-state index contributed by atoms with van der Waals surface area (Å²) in [6.07, 6.45) is -4.14.